The SMILES string of the molecule is Cc1noc(C)c1C(=O)Nc1sc2c(c1C#N)CC[C@H](C(C)(C)C)C2. The highest BCUT2D eigenvalue weighted by Gasteiger charge is 2.32. The predicted molar refractivity (Wildman–Crippen MR) is 97.9 cm³/mol. The Morgan fingerprint density at radius 2 is 2.12 bits per heavy atom. The van der Waals surface area contributed by atoms with E-state index in [2.05, 4.69) is 37.3 Å². The van der Waals surface area contributed by atoms with Crippen LogP contribution in [0.5, 0.6) is 0 Å². The molecule has 132 valence electrons. The first-order chi connectivity index (χ1) is 11.7. The van der Waals surface area contributed by atoms with Gasteiger partial charge in [0.2, 0.25) is 0 Å². The number of nitrogens with one attached hydrogen (secondary N) is 1. The monoisotopic (exact) mass is 357 g/mol. The zero-order valence-corrected chi connectivity index (χ0v) is 16.1. The standard InChI is InChI=1S/C19H23N3O2S/c1-10-16(11(2)24-22-10)17(23)21-18-14(9-20)13-7-6-12(19(3,4)5)8-15(13)25-18/h12H,6-8H2,1-5H3,(H,21,23)/t12-/m0/s1. The lowest BCUT2D eigenvalue weighted by Gasteiger charge is -2.33. The van der Waals surface area contributed by atoms with Crippen LogP contribution in [0.3, 0.4) is 0 Å². The molecule has 1 aliphatic rings. The van der Waals surface area contributed by atoms with Crippen LogP contribution in [0, 0.1) is 36.5 Å². The van der Waals surface area contributed by atoms with E-state index in [9.17, 15) is 10.1 Å². The molecule has 2 aromatic heterocycles. The summed E-state index contributed by atoms with van der Waals surface area (Å²) >= 11 is 1.54. The summed E-state index contributed by atoms with van der Waals surface area (Å²) in [4.78, 5) is 13.8. The largest absolute Gasteiger partial charge is 0.361 e. The van der Waals surface area contributed by atoms with Crippen molar-refractivity contribution in [3.8, 4) is 6.07 Å². The minimum Gasteiger partial charge on any atom is -0.361 e. The lowest BCUT2D eigenvalue weighted by molar-refractivity contribution is 0.102. The van der Waals surface area contributed by atoms with Gasteiger partial charge in [0, 0.05) is 4.88 Å². The van der Waals surface area contributed by atoms with Gasteiger partial charge in [0.05, 0.1) is 11.3 Å². The molecule has 0 aromatic carbocycles. The molecule has 25 heavy (non-hydrogen) atoms. The van der Waals surface area contributed by atoms with Crippen molar-refractivity contribution in [1.29, 1.82) is 5.26 Å². The van der Waals surface area contributed by atoms with Gasteiger partial charge in [-0.2, -0.15) is 5.26 Å². The van der Waals surface area contributed by atoms with Crippen LogP contribution in [-0.4, -0.2) is 11.1 Å². The molecule has 0 unspecified atom stereocenters. The van der Waals surface area contributed by atoms with E-state index >= 15 is 0 Å². The quantitative estimate of drug-likeness (QED) is 0.850. The second kappa shape index (κ2) is 6.30. The van der Waals surface area contributed by atoms with Crippen molar-refractivity contribution in [2.24, 2.45) is 11.3 Å². The van der Waals surface area contributed by atoms with Crippen molar-refractivity contribution < 1.29 is 9.32 Å². The van der Waals surface area contributed by atoms with E-state index in [-0.39, 0.29) is 11.3 Å². The van der Waals surface area contributed by atoms with E-state index < -0.39 is 0 Å². The van der Waals surface area contributed by atoms with Gasteiger partial charge in [-0.1, -0.05) is 25.9 Å². The van der Waals surface area contributed by atoms with Gasteiger partial charge in [0.15, 0.2) is 0 Å². The molecule has 1 atom stereocenters. The van der Waals surface area contributed by atoms with Crippen LogP contribution in [-0.2, 0) is 12.8 Å². The predicted octanol–water partition coefficient (Wildman–Crippen LogP) is 4.63. The van der Waals surface area contributed by atoms with Gasteiger partial charge in [0.1, 0.15) is 22.4 Å². The van der Waals surface area contributed by atoms with E-state index in [4.69, 9.17) is 4.52 Å². The Bertz CT molecular complexity index is 845. The zero-order chi connectivity index (χ0) is 18.4. The molecule has 0 spiro atoms. The van der Waals surface area contributed by atoms with E-state index in [1.54, 1.807) is 13.8 Å². The Hall–Kier alpha value is -2.13. The summed E-state index contributed by atoms with van der Waals surface area (Å²) < 4.78 is 5.07. The summed E-state index contributed by atoms with van der Waals surface area (Å²) in [5.74, 6) is 0.817. The summed E-state index contributed by atoms with van der Waals surface area (Å²) in [5.41, 5.74) is 2.98. The number of carbonyl (C=O) groups is 1. The third kappa shape index (κ3) is 3.21. The number of nitrogens with zero attached hydrogens (tertiary/aromatic N) is 2. The Morgan fingerprint density at radius 3 is 2.68 bits per heavy atom. The van der Waals surface area contributed by atoms with Crippen LogP contribution >= 0.6 is 11.3 Å². The van der Waals surface area contributed by atoms with E-state index in [1.165, 1.54) is 16.2 Å². The summed E-state index contributed by atoms with van der Waals surface area (Å²) in [5, 5.41) is 17.0. The molecule has 6 heteroatoms. The Kier molecular flexibility index (Phi) is 4.46. The molecular formula is C19H23N3O2S. The van der Waals surface area contributed by atoms with Crippen molar-refractivity contribution in [2.45, 2.75) is 53.9 Å². The molecule has 2 heterocycles. The molecule has 1 amide bonds. The van der Waals surface area contributed by atoms with E-state index in [1.807, 2.05) is 0 Å². The first-order valence-corrected chi connectivity index (χ1v) is 9.33. The summed E-state index contributed by atoms with van der Waals surface area (Å²) in [6.07, 6.45) is 2.95. The number of nitriles is 1. The fraction of sp³-hybridized carbons (Fsp3) is 0.526. The van der Waals surface area contributed by atoms with Crippen LogP contribution in [0.4, 0.5) is 5.00 Å². The van der Waals surface area contributed by atoms with Crippen LogP contribution in [0.2, 0.25) is 0 Å². The lowest BCUT2D eigenvalue weighted by atomic mass is 9.72. The van der Waals surface area contributed by atoms with Crippen LogP contribution in [0.1, 0.15) is 65.0 Å². The molecule has 0 saturated carbocycles. The van der Waals surface area contributed by atoms with E-state index in [0.717, 1.165) is 24.8 Å². The Morgan fingerprint density at radius 1 is 1.40 bits per heavy atom. The topological polar surface area (TPSA) is 78.9 Å². The van der Waals surface area contributed by atoms with Gasteiger partial charge in [-0.15, -0.1) is 11.3 Å². The maximum Gasteiger partial charge on any atom is 0.261 e. The average Bonchev–Trinajstić information content (AvgIpc) is 3.04. The fourth-order valence-electron chi connectivity index (χ4n) is 3.50. The van der Waals surface area contributed by atoms with Crippen LogP contribution < -0.4 is 5.32 Å². The van der Waals surface area contributed by atoms with Crippen molar-refractivity contribution in [3.63, 3.8) is 0 Å². The number of anilines is 1. The number of hydrogen-bond donors (Lipinski definition) is 1. The van der Waals surface area contributed by atoms with Gasteiger partial charge >= 0.3 is 0 Å². The normalized spacial score (nSPS) is 17.0. The van der Waals surface area contributed by atoms with Gasteiger partial charge in [-0.3, -0.25) is 4.79 Å². The number of amides is 1. The summed E-state index contributed by atoms with van der Waals surface area (Å²) in [6.45, 7) is 10.3. The van der Waals surface area contributed by atoms with Crippen LogP contribution in [0.25, 0.3) is 0 Å². The van der Waals surface area contributed by atoms with Gasteiger partial charge in [-0.25, -0.2) is 0 Å². The van der Waals surface area contributed by atoms with Gasteiger partial charge < -0.3 is 9.84 Å². The highest BCUT2D eigenvalue weighted by atomic mass is 32.1. The third-order valence-corrected chi connectivity index (χ3v) is 6.26. The molecule has 0 bridgehead atoms. The van der Waals surface area contributed by atoms with Crippen LogP contribution in [0.15, 0.2) is 4.52 Å². The molecule has 0 fully saturated rings. The smallest absolute Gasteiger partial charge is 0.261 e. The molecule has 5 nitrogen and oxygen atoms in total. The molecule has 0 saturated heterocycles. The number of fused-ring (bicyclic) bond motifs is 1. The van der Waals surface area contributed by atoms with Crippen molar-refractivity contribution in [2.75, 3.05) is 5.32 Å². The maximum atomic E-state index is 12.6. The molecule has 0 radical (unpaired) electrons. The molecule has 3 rings (SSSR count). The minimum absolute atomic E-state index is 0.245. The molecule has 2 aromatic rings. The summed E-state index contributed by atoms with van der Waals surface area (Å²) in [6, 6.07) is 2.29. The number of hydrogen-bond acceptors (Lipinski definition) is 5. The van der Waals surface area contributed by atoms with Crippen molar-refractivity contribution >= 4 is 22.2 Å². The van der Waals surface area contributed by atoms with E-state index in [0.29, 0.717) is 33.5 Å². The number of rotatable bonds is 2. The second-order valence-electron chi connectivity index (χ2n) is 7.78. The highest BCUT2D eigenvalue weighted by molar-refractivity contribution is 7.16. The summed E-state index contributed by atoms with van der Waals surface area (Å²) in [7, 11) is 0. The number of aromatic nitrogens is 1. The lowest BCUT2D eigenvalue weighted by Crippen LogP contribution is -2.26. The Labute approximate surface area is 152 Å². The second-order valence-corrected chi connectivity index (χ2v) is 8.88. The minimum atomic E-state index is -0.265. The van der Waals surface area contributed by atoms with Gasteiger partial charge in [-0.05, 0) is 50.0 Å². The zero-order valence-electron chi connectivity index (χ0n) is 15.3. The molecule has 1 aliphatic carbocycles. The molecule has 1 N–H and O–H groups in total. The first-order valence-electron chi connectivity index (χ1n) is 8.51. The number of carbonyl (C=O) groups excluding carboxylic acids is 1. The number of aryl methyl sites for hydroxylation is 2. The average molecular weight is 357 g/mol. The highest BCUT2D eigenvalue weighted by Crippen LogP contribution is 2.44. The fourth-order valence-corrected chi connectivity index (χ4v) is 4.78. The maximum absolute atomic E-state index is 12.6. The molecular weight excluding hydrogens is 334 g/mol. The van der Waals surface area contributed by atoms with Gasteiger partial charge in [0.25, 0.3) is 5.91 Å². The number of thiophene rings is 1. The first kappa shape index (κ1) is 17.7. The molecule has 0 aliphatic heterocycles. The Balaban J connectivity index is 1.91. The van der Waals surface area contributed by atoms with Crippen molar-refractivity contribution in [1.82, 2.24) is 5.16 Å². The van der Waals surface area contributed by atoms with Crippen molar-refractivity contribution in [3.05, 3.63) is 33.0 Å². The third-order valence-electron chi connectivity index (χ3n) is 5.09.